The molecule has 5 nitrogen and oxygen atoms in total. The molecule has 0 aliphatic heterocycles. The summed E-state index contributed by atoms with van der Waals surface area (Å²) in [6, 6.07) is 4.57. The molecule has 0 atom stereocenters. The van der Waals surface area contributed by atoms with E-state index in [1.54, 1.807) is 41.0 Å². The molecule has 1 N–H and O–H groups in total. The molecule has 1 aliphatic rings. The molecule has 0 unspecified atom stereocenters. The number of halogens is 1. The van der Waals surface area contributed by atoms with E-state index in [-0.39, 0.29) is 23.0 Å². The average molecular weight is 430 g/mol. The van der Waals surface area contributed by atoms with Crippen LogP contribution >= 0.6 is 23.1 Å². The SMILES string of the molecule is C=CCn1c(SCC(=O)Nc2ccc(C)c(F)c2)nc2sc3c(c2c1=O)CCC3. The predicted octanol–water partition coefficient (Wildman–Crippen LogP) is 4.31. The quantitative estimate of drug-likeness (QED) is 0.360. The standard InChI is InChI=1S/C21H20FN3O2S2/c1-3-9-25-20(27)18-14-5-4-6-16(14)29-19(18)24-21(25)28-11-17(26)23-13-8-7-12(2)15(22)10-13/h3,7-8,10H,1,4-6,9,11H2,2H3,(H,23,26). The lowest BCUT2D eigenvalue weighted by Crippen LogP contribution is -2.24. The Hall–Kier alpha value is -2.45. The first-order chi connectivity index (χ1) is 14.0. The van der Waals surface area contributed by atoms with E-state index in [4.69, 9.17) is 0 Å². The topological polar surface area (TPSA) is 64.0 Å². The maximum Gasteiger partial charge on any atom is 0.263 e. The van der Waals surface area contributed by atoms with Crippen LogP contribution in [0.4, 0.5) is 10.1 Å². The van der Waals surface area contributed by atoms with Crippen LogP contribution in [-0.2, 0) is 24.2 Å². The number of benzene rings is 1. The summed E-state index contributed by atoms with van der Waals surface area (Å²) in [4.78, 5) is 32.1. The molecule has 3 aromatic rings. The van der Waals surface area contributed by atoms with Gasteiger partial charge in [-0.2, -0.15) is 0 Å². The van der Waals surface area contributed by atoms with Gasteiger partial charge in [-0.25, -0.2) is 9.37 Å². The molecule has 150 valence electrons. The highest BCUT2D eigenvalue weighted by atomic mass is 32.2. The Morgan fingerprint density at radius 2 is 2.28 bits per heavy atom. The lowest BCUT2D eigenvalue weighted by Gasteiger charge is -2.11. The fourth-order valence-electron chi connectivity index (χ4n) is 3.46. The molecule has 0 saturated heterocycles. The van der Waals surface area contributed by atoms with Crippen LogP contribution in [0.5, 0.6) is 0 Å². The molecular weight excluding hydrogens is 409 g/mol. The van der Waals surface area contributed by atoms with Gasteiger partial charge < -0.3 is 5.32 Å². The van der Waals surface area contributed by atoms with E-state index < -0.39 is 0 Å². The second kappa shape index (κ2) is 8.12. The number of aromatic nitrogens is 2. The van der Waals surface area contributed by atoms with E-state index in [0.29, 0.717) is 28.3 Å². The molecule has 1 aromatic carbocycles. The van der Waals surface area contributed by atoms with Crippen LogP contribution in [0.2, 0.25) is 0 Å². The van der Waals surface area contributed by atoms with Crippen molar-refractivity contribution in [2.24, 2.45) is 0 Å². The largest absolute Gasteiger partial charge is 0.325 e. The van der Waals surface area contributed by atoms with Gasteiger partial charge in [-0.15, -0.1) is 17.9 Å². The van der Waals surface area contributed by atoms with Crippen LogP contribution < -0.4 is 10.9 Å². The Bertz CT molecular complexity index is 1180. The van der Waals surface area contributed by atoms with Gasteiger partial charge in [0, 0.05) is 17.1 Å². The molecule has 4 rings (SSSR count). The van der Waals surface area contributed by atoms with Gasteiger partial charge in [-0.05, 0) is 49.4 Å². The lowest BCUT2D eigenvalue weighted by molar-refractivity contribution is -0.113. The second-order valence-electron chi connectivity index (χ2n) is 6.94. The number of nitrogens with zero attached hydrogens (tertiary/aromatic N) is 2. The van der Waals surface area contributed by atoms with Crippen molar-refractivity contribution in [2.75, 3.05) is 11.1 Å². The molecule has 8 heteroatoms. The number of thioether (sulfide) groups is 1. The molecule has 2 aromatic heterocycles. The van der Waals surface area contributed by atoms with Gasteiger partial charge in [-0.1, -0.05) is 23.9 Å². The summed E-state index contributed by atoms with van der Waals surface area (Å²) in [7, 11) is 0. The van der Waals surface area contributed by atoms with Crippen LogP contribution in [0.1, 0.15) is 22.4 Å². The third kappa shape index (κ3) is 3.86. The smallest absolute Gasteiger partial charge is 0.263 e. The third-order valence-corrected chi connectivity index (χ3v) is 7.05. The predicted molar refractivity (Wildman–Crippen MR) is 117 cm³/mol. The summed E-state index contributed by atoms with van der Waals surface area (Å²) in [5, 5.41) is 3.89. The number of carbonyl (C=O) groups excluding carboxylic acids is 1. The molecule has 1 aliphatic carbocycles. The van der Waals surface area contributed by atoms with Gasteiger partial charge in [0.05, 0.1) is 11.1 Å². The van der Waals surface area contributed by atoms with E-state index in [9.17, 15) is 14.0 Å². The number of aryl methyl sites for hydroxylation is 3. The Morgan fingerprint density at radius 3 is 3.03 bits per heavy atom. The first-order valence-electron chi connectivity index (χ1n) is 9.32. The zero-order valence-corrected chi connectivity index (χ0v) is 17.6. The number of thiophene rings is 1. The van der Waals surface area contributed by atoms with Crippen molar-refractivity contribution in [3.63, 3.8) is 0 Å². The Balaban J connectivity index is 1.57. The van der Waals surface area contributed by atoms with Crippen LogP contribution in [0, 0.1) is 12.7 Å². The molecular formula is C21H20FN3O2S2. The Kier molecular flexibility index (Phi) is 5.56. The number of fused-ring (bicyclic) bond motifs is 3. The van der Waals surface area contributed by atoms with Crippen LogP contribution in [0.3, 0.4) is 0 Å². The van der Waals surface area contributed by atoms with Gasteiger partial charge in [0.2, 0.25) is 5.91 Å². The highest BCUT2D eigenvalue weighted by Gasteiger charge is 2.23. The fraction of sp³-hybridized carbons (Fsp3) is 0.286. The zero-order valence-electron chi connectivity index (χ0n) is 16.0. The number of allylic oxidation sites excluding steroid dienone is 1. The van der Waals surface area contributed by atoms with Crippen LogP contribution in [-0.4, -0.2) is 21.2 Å². The number of amides is 1. The normalized spacial score (nSPS) is 12.9. The van der Waals surface area contributed by atoms with Crippen molar-refractivity contribution in [3.8, 4) is 0 Å². The summed E-state index contributed by atoms with van der Waals surface area (Å²) in [5.74, 6) is -0.588. The summed E-state index contributed by atoms with van der Waals surface area (Å²) >= 11 is 2.77. The minimum Gasteiger partial charge on any atom is -0.325 e. The molecule has 29 heavy (non-hydrogen) atoms. The molecule has 1 amide bonds. The average Bonchev–Trinajstić information content (AvgIpc) is 3.26. The number of hydrogen-bond donors (Lipinski definition) is 1. The Morgan fingerprint density at radius 1 is 1.45 bits per heavy atom. The maximum absolute atomic E-state index is 13.7. The van der Waals surface area contributed by atoms with E-state index in [2.05, 4.69) is 16.9 Å². The maximum atomic E-state index is 13.7. The summed E-state index contributed by atoms with van der Waals surface area (Å²) in [6.07, 6.45) is 4.65. The highest BCUT2D eigenvalue weighted by molar-refractivity contribution is 7.99. The van der Waals surface area contributed by atoms with Crippen molar-refractivity contribution < 1.29 is 9.18 Å². The van der Waals surface area contributed by atoms with E-state index in [0.717, 1.165) is 29.7 Å². The first kappa shape index (κ1) is 19.8. The number of nitrogens with one attached hydrogen (secondary N) is 1. The van der Waals surface area contributed by atoms with E-state index in [1.807, 2.05) is 0 Å². The minimum atomic E-state index is -0.367. The second-order valence-corrected chi connectivity index (χ2v) is 8.96. The summed E-state index contributed by atoms with van der Waals surface area (Å²) in [5.41, 5.74) is 1.99. The van der Waals surface area contributed by atoms with Crippen molar-refractivity contribution in [1.29, 1.82) is 0 Å². The molecule has 0 bridgehead atoms. The van der Waals surface area contributed by atoms with Crippen molar-refractivity contribution in [3.05, 3.63) is 63.0 Å². The van der Waals surface area contributed by atoms with Crippen molar-refractivity contribution in [1.82, 2.24) is 9.55 Å². The fourth-order valence-corrected chi connectivity index (χ4v) is 5.57. The molecule has 0 saturated carbocycles. The van der Waals surface area contributed by atoms with Gasteiger partial charge in [-0.3, -0.25) is 14.2 Å². The molecule has 0 spiro atoms. The molecule has 0 radical (unpaired) electrons. The number of rotatable bonds is 6. The van der Waals surface area contributed by atoms with Gasteiger partial charge >= 0.3 is 0 Å². The van der Waals surface area contributed by atoms with Crippen LogP contribution in [0.25, 0.3) is 10.2 Å². The monoisotopic (exact) mass is 429 g/mol. The number of anilines is 1. The van der Waals surface area contributed by atoms with Crippen LogP contribution in [0.15, 0.2) is 40.8 Å². The number of hydrogen-bond acceptors (Lipinski definition) is 5. The van der Waals surface area contributed by atoms with Gasteiger partial charge in [0.25, 0.3) is 5.56 Å². The lowest BCUT2D eigenvalue weighted by atomic mass is 10.2. The van der Waals surface area contributed by atoms with E-state index in [1.165, 1.54) is 22.7 Å². The minimum absolute atomic E-state index is 0.0652. The molecule has 0 fully saturated rings. The zero-order chi connectivity index (χ0) is 20.5. The summed E-state index contributed by atoms with van der Waals surface area (Å²) < 4.78 is 15.2. The van der Waals surface area contributed by atoms with Gasteiger partial charge in [0.15, 0.2) is 5.16 Å². The number of carbonyl (C=O) groups is 1. The highest BCUT2D eigenvalue weighted by Crippen LogP contribution is 2.35. The summed E-state index contributed by atoms with van der Waals surface area (Å²) in [6.45, 7) is 5.73. The van der Waals surface area contributed by atoms with Crippen molar-refractivity contribution in [2.45, 2.75) is 37.9 Å². The first-order valence-corrected chi connectivity index (χ1v) is 11.1. The third-order valence-electron chi connectivity index (χ3n) is 4.89. The van der Waals surface area contributed by atoms with E-state index >= 15 is 0 Å². The van der Waals surface area contributed by atoms with Crippen molar-refractivity contribution >= 4 is 44.9 Å². The van der Waals surface area contributed by atoms with Gasteiger partial charge in [0.1, 0.15) is 10.6 Å². The Labute approximate surface area is 175 Å². The molecule has 2 heterocycles.